The third-order valence-corrected chi connectivity index (χ3v) is 4.04. The van der Waals surface area contributed by atoms with E-state index in [0.29, 0.717) is 11.1 Å². The van der Waals surface area contributed by atoms with E-state index in [-0.39, 0.29) is 31.5 Å². The van der Waals surface area contributed by atoms with Gasteiger partial charge in [-0.05, 0) is 37.5 Å². The van der Waals surface area contributed by atoms with Crippen LogP contribution in [0, 0.1) is 18.7 Å². The number of benzene rings is 1. The van der Waals surface area contributed by atoms with Gasteiger partial charge in [-0.15, -0.1) is 0 Å². The Morgan fingerprint density at radius 3 is 2.41 bits per heavy atom. The minimum atomic E-state index is -4.22. The Morgan fingerprint density at radius 2 is 1.91 bits per heavy atom. The Hall–Kier alpha value is -1.85. The molecule has 1 aromatic rings. The number of aryl methyl sites for hydroxylation is 1. The zero-order valence-corrected chi connectivity index (χ0v) is 12.2. The van der Waals surface area contributed by atoms with Crippen LogP contribution in [0.1, 0.15) is 34.3 Å². The average molecular weight is 315 g/mol. The molecular weight excluding hydrogens is 298 g/mol. The van der Waals surface area contributed by atoms with Gasteiger partial charge >= 0.3 is 6.18 Å². The van der Waals surface area contributed by atoms with Crippen LogP contribution in [0.3, 0.4) is 0 Å². The molecule has 0 aromatic heterocycles. The number of rotatable bonds is 2. The van der Waals surface area contributed by atoms with Gasteiger partial charge in [-0.2, -0.15) is 13.2 Å². The van der Waals surface area contributed by atoms with Gasteiger partial charge in [-0.1, -0.05) is 12.7 Å². The van der Waals surface area contributed by atoms with Crippen molar-refractivity contribution < 1.29 is 22.4 Å². The number of carbonyl (C=O) groups is 1. The van der Waals surface area contributed by atoms with Crippen molar-refractivity contribution >= 4 is 12.0 Å². The number of carbonyl (C=O) groups excluding carboxylic acids is 1. The zero-order chi connectivity index (χ0) is 16.5. The van der Waals surface area contributed by atoms with Crippen LogP contribution in [0.4, 0.5) is 17.6 Å². The summed E-state index contributed by atoms with van der Waals surface area (Å²) >= 11 is 0. The van der Waals surface area contributed by atoms with Crippen LogP contribution in [0.2, 0.25) is 0 Å². The van der Waals surface area contributed by atoms with Gasteiger partial charge in [-0.3, -0.25) is 4.79 Å². The molecule has 0 saturated carbocycles. The van der Waals surface area contributed by atoms with Crippen LogP contribution in [0.5, 0.6) is 0 Å². The highest BCUT2D eigenvalue weighted by Crippen LogP contribution is 2.34. The summed E-state index contributed by atoms with van der Waals surface area (Å²) in [6.45, 7) is 5.23. The van der Waals surface area contributed by atoms with E-state index < -0.39 is 23.8 Å². The number of likely N-dealkylation sites (tertiary alicyclic amines) is 1. The SMILES string of the molecule is C=Cc1cc(C)c(C(=O)N2CCC(C(F)(F)F)CC2)cc1F. The summed E-state index contributed by atoms with van der Waals surface area (Å²) in [5.74, 6) is -2.35. The summed E-state index contributed by atoms with van der Waals surface area (Å²) < 4.78 is 51.7. The van der Waals surface area contributed by atoms with E-state index in [1.807, 2.05) is 0 Å². The lowest BCUT2D eigenvalue weighted by atomic mass is 9.95. The molecule has 1 aliphatic heterocycles. The second-order valence-electron chi connectivity index (χ2n) is 5.50. The van der Waals surface area contributed by atoms with Crippen molar-refractivity contribution in [3.05, 3.63) is 41.2 Å². The first-order chi connectivity index (χ1) is 10.2. The molecule has 0 unspecified atom stereocenters. The van der Waals surface area contributed by atoms with Gasteiger partial charge < -0.3 is 4.90 Å². The van der Waals surface area contributed by atoms with Crippen LogP contribution in [-0.2, 0) is 0 Å². The van der Waals surface area contributed by atoms with Crippen LogP contribution in [0.25, 0.3) is 6.08 Å². The van der Waals surface area contributed by atoms with E-state index in [2.05, 4.69) is 6.58 Å². The van der Waals surface area contributed by atoms with Crippen molar-refractivity contribution in [2.24, 2.45) is 5.92 Å². The minimum Gasteiger partial charge on any atom is -0.339 e. The van der Waals surface area contributed by atoms with Crippen molar-refractivity contribution in [2.45, 2.75) is 25.9 Å². The predicted molar refractivity (Wildman–Crippen MR) is 75.9 cm³/mol. The fourth-order valence-electron chi connectivity index (χ4n) is 2.67. The quantitative estimate of drug-likeness (QED) is 0.749. The number of amides is 1. The average Bonchev–Trinajstić information content (AvgIpc) is 2.47. The normalized spacial score (nSPS) is 16.7. The molecule has 22 heavy (non-hydrogen) atoms. The third kappa shape index (κ3) is 3.31. The number of hydrogen-bond donors (Lipinski definition) is 0. The van der Waals surface area contributed by atoms with E-state index in [0.717, 1.165) is 6.07 Å². The van der Waals surface area contributed by atoms with Crippen LogP contribution in [0.15, 0.2) is 18.7 Å². The van der Waals surface area contributed by atoms with Crippen LogP contribution >= 0.6 is 0 Å². The van der Waals surface area contributed by atoms with Crippen LogP contribution in [-0.4, -0.2) is 30.1 Å². The first kappa shape index (κ1) is 16.5. The monoisotopic (exact) mass is 315 g/mol. The summed E-state index contributed by atoms with van der Waals surface area (Å²) in [7, 11) is 0. The molecule has 1 saturated heterocycles. The molecule has 0 radical (unpaired) electrons. The number of nitrogens with zero attached hydrogens (tertiary/aromatic N) is 1. The molecule has 0 bridgehead atoms. The fraction of sp³-hybridized carbons (Fsp3) is 0.438. The summed E-state index contributed by atoms with van der Waals surface area (Å²) in [4.78, 5) is 13.7. The Bertz CT molecular complexity index is 587. The molecular formula is C16H17F4NO. The largest absolute Gasteiger partial charge is 0.391 e. The third-order valence-electron chi connectivity index (χ3n) is 4.04. The van der Waals surface area contributed by atoms with Crippen molar-refractivity contribution in [1.29, 1.82) is 0 Å². The molecule has 1 aliphatic rings. The van der Waals surface area contributed by atoms with E-state index in [1.165, 1.54) is 17.0 Å². The fourth-order valence-corrected chi connectivity index (χ4v) is 2.67. The highest BCUT2D eigenvalue weighted by Gasteiger charge is 2.41. The molecule has 2 nitrogen and oxygen atoms in total. The Labute approximate surface area is 126 Å². The van der Waals surface area contributed by atoms with Crippen molar-refractivity contribution in [3.8, 4) is 0 Å². The lowest BCUT2D eigenvalue weighted by Gasteiger charge is -2.33. The molecule has 0 spiro atoms. The molecule has 0 aliphatic carbocycles. The van der Waals surface area contributed by atoms with E-state index in [4.69, 9.17) is 0 Å². The van der Waals surface area contributed by atoms with Crippen molar-refractivity contribution in [1.82, 2.24) is 4.90 Å². The Balaban J connectivity index is 2.14. The highest BCUT2D eigenvalue weighted by atomic mass is 19.4. The first-order valence-corrected chi connectivity index (χ1v) is 7.02. The van der Waals surface area contributed by atoms with Gasteiger partial charge in [0.1, 0.15) is 5.82 Å². The molecule has 2 rings (SSSR count). The van der Waals surface area contributed by atoms with Gasteiger partial charge in [0.05, 0.1) is 5.92 Å². The van der Waals surface area contributed by atoms with Gasteiger partial charge in [0, 0.05) is 24.2 Å². The maximum Gasteiger partial charge on any atom is 0.391 e. The predicted octanol–water partition coefficient (Wildman–Crippen LogP) is 4.19. The van der Waals surface area contributed by atoms with Gasteiger partial charge in [0.25, 0.3) is 5.91 Å². The maximum absolute atomic E-state index is 13.8. The second kappa shape index (κ2) is 6.10. The molecule has 6 heteroatoms. The summed E-state index contributed by atoms with van der Waals surface area (Å²) in [6.07, 6.45) is -3.09. The van der Waals surface area contributed by atoms with Gasteiger partial charge in [0.15, 0.2) is 0 Å². The van der Waals surface area contributed by atoms with E-state index in [1.54, 1.807) is 6.92 Å². The van der Waals surface area contributed by atoms with Gasteiger partial charge in [-0.25, -0.2) is 4.39 Å². The lowest BCUT2D eigenvalue weighted by molar-refractivity contribution is -0.183. The van der Waals surface area contributed by atoms with E-state index in [9.17, 15) is 22.4 Å². The summed E-state index contributed by atoms with van der Waals surface area (Å²) in [5, 5.41) is 0. The standard InChI is InChI=1S/C16H17F4NO/c1-3-11-8-10(2)13(9-14(11)17)15(22)21-6-4-12(5-7-21)16(18,19)20/h3,8-9,12H,1,4-7H2,2H3. The maximum atomic E-state index is 13.8. The number of alkyl halides is 3. The van der Waals surface area contributed by atoms with Gasteiger partial charge in [0.2, 0.25) is 0 Å². The van der Waals surface area contributed by atoms with Crippen LogP contribution < -0.4 is 0 Å². The second-order valence-corrected chi connectivity index (χ2v) is 5.50. The molecule has 1 amide bonds. The zero-order valence-electron chi connectivity index (χ0n) is 12.2. The smallest absolute Gasteiger partial charge is 0.339 e. The molecule has 120 valence electrons. The van der Waals surface area contributed by atoms with Crippen molar-refractivity contribution in [3.63, 3.8) is 0 Å². The van der Waals surface area contributed by atoms with Crippen molar-refractivity contribution in [2.75, 3.05) is 13.1 Å². The molecule has 1 fully saturated rings. The lowest BCUT2D eigenvalue weighted by Crippen LogP contribution is -2.42. The molecule has 1 heterocycles. The highest BCUT2D eigenvalue weighted by molar-refractivity contribution is 5.96. The Kier molecular flexibility index (Phi) is 4.58. The number of hydrogen-bond acceptors (Lipinski definition) is 1. The first-order valence-electron chi connectivity index (χ1n) is 7.02. The molecule has 1 aromatic carbocycles. The van der Waals surface area contributed by atoms with E-state index >= 15 is 0 Å². The topological polar surface area (TPSA) is 20.3 Å². The molecule has 0 atom stereocenters. The Morgan fingerprint density at radius 1 is 1.32 bits per heavy atom. The minimum absolute atomic E-state index is 0.0350. The molecule has 0 N–H and O–H groups in total. The number of piperidine rings is 1. The summed E-state index contributed by atoms with van der Waals surface area (Å²) in [6, 6.07) is 2.64. The summed E-state index contributed by atoms with van der Waals surface area (Å²) in [5.41, 5.74) is 1.07. The number of halogens is 4.